The van der Waals surface area contributed by atoms with Crippen molar-refractivity contribution in [2.45, 2.75) is 120 Å². The highest BCUT2D eigenvalue weighted by Gasteiger charge is 2.60. The summed E-state index contributed by atoms with van der Waals surface area (Å²) in [4.78, 5) is 5.04. The second kappa shape index (κ2) is 17.4. The molecule has 3 aliphatic rings. The number of fused-ring (bicyclic) bond motifs is 7. The van der Waals surface area contributed by atoms with E-state index < -0.39 is 16.1 Å². The average molecular weight is 909 g/mol. The largest absolute Gasteiger partial charge is 0.310 e. The summed E-state index contributed by atoms with van der Waals surface area (Å²) in [6.07, 6.45) is 13.4. The van der Waals surface area contributed by atoms with Crippen LogP contribution >= 0.6 is 0 Å². The van der Waals surface area contributed by atoms with Gasteiger partial charge in [0.15, 0.2) is 0 Å². The van der Waals surface area contributed by atoms with E-state index in [1.165, 1.54) is 142 Å². The summed E-state index contributed by atoms with van der Waals surface area (Å²) in [5.41, 5.74) is 16.3. The second-order valence-corrected chi connectivity index (χ2v) is 33.2. The fraction of sp³-hybridized carbons (Fsp3) is 0.302. The number of rotatable bonds is 10. The molecule has 0 unspecified atom stereocenters. The highest BCUT2D eigenvalue weighted by molar-refractivity contribution is 7.00. The zero-order chi connectivity index (χ0) is 45.9. The average Bonchev–Trinajstić information content (AvgIpc) is 3.69. The van der Waals surface area contributed by atoms with E-state index in [1.54, 1.807) is 11.1 Å². The first-order valence-corrected chi connectivity index (χ1v) is 32.6. The molecule has 8 aromatic rings. The van der Waals surface area contributed by atoms with Crippen LogP contribution in [0, 0.1) is 0 Å². The van der Waals surface area contributed by atoms with Gasteiger partial charge < -0.3 is 9.80 Å². The molecule has 338 valence electrons. The Morgan fingerprint density at radius 2 is 0.866 bits per heavy atom. The lowest BCUT2D eigenvalue weighted by Gasteiger charge is -2.52. The third kappa shape index (κ3) is 7.50. The first kappa shape index (κ1) is 43.9. The molecule has 4 heteroatoms. The van der Waals surface area contributed by atoms with Crippen LogP contribution in [0.1, 0.15) is 98.3 Å². The number of hydrogen-bond donors (Lipinski definition) is 0. The van der Waals surface area contributed by atoms with E-state index in [9.17, 15) is 0 Å². The van der Waals surface area contributed by atoms with E-state index in [4.69, 9.17) is 0 Å². The zero-order valence-corrected chi connectivity index (χ0v) is 42.8. The van der Waals surface area contributed by atoms with Crippen molar-refractivity contribution < 1.29 is 0 Å². The molecule has 3 aliphatic carbocycles. The molecule has 0 spiro atoms. The van der Waals surface area contributed by atoms with Crippen LogP contribution in [0.4, 0.5) is 34.1 Å². The van der Waals surface area contributed by atoms with Crippen molar-refractivity contribution in [2.24, 2.45) is 0 Å². The molecule has 0 atom stereocenters. The quantitative estimate of drug-likeness (QED) is 0.126. The van der Waals surface area contributed by atoms with Gasteiger partial charge in [0.1, 0.15) is 0 Å². The normalized spacial score (nSPS) is 16.5. The van der Waals surface area contributed by atoms with Crippen LogP contribution in [0.5, 0.6) is 0 Å². The van der Waals surface area contributed by atoms with Crippen molar-refractivity contribution in [1.29, 1.82) is 0 Å². The third-order valence-corrected chi connectivity index (χ3v) is 26.3. The number of benzene rings is 8. The molecule has 0 amide bonds. The molecular formula is C63H68N2Si2. The van der Waals surface area contributed by atoms with E-state index in [0.717, 1.165) is 0 Å². The van der Waals surface area contributed by atoms with Crippen LogP contribution in [0.25, 0.3) is 32.7 Å². The Morgan fingerprint density at radius 1 is 0.403 bits per heavy atom. The Morgan fingerprint density at radius 3 is 1.40 bits per heavy atom. The van der Waals surface area contributed by atoms with Crippen LogP contribution in [-0.2, 0) is 4.66 Å². The van der Waals surface area contributed by atoms with Gasteiger partial charge in [-0.3, -0.25) is 0 Å². The van der Waals surface area contributed by atoms with Gasteiger partial charge in [0.2, 0.25) is 0 Å². The second-order valence-electron chi connectivity index (χ2n) is 22.2. The molecule has 67 heavy (non-hydrogen) atoms. The number of nitrogens with zero attached hydrogens (tertiary/aromatic N) is 2. The summed E-state index contributed by atoms with van der Waals surface area (Å²) in [6, 6.07) is 65.7. The van der Waals surface area contributed by atoms with E-state index in [1.807, 2.05) is 0 Å². The number of hydrogen-bond acceptors (Lipinski definition) is 2. The molecule has 2 nitrogen and oxygen atoms in total. The summed E-state index contributed by atoms with van der Waals surface area (Å²) in [6.45, 7) is 16.0. The van der Waals surface area contributed by atoms with Crippen molar-refractivity contribution >= 4 is 71.8 Å². The van der Waals surface area contributed by atoms with Crippen molar-refractivity contribution in [3.8, 4) is 11.1 Å². The van der Waals surface area contributed by atoms with Gasteiger partial charge in [0, 0.05) is 38.5 Å². The number of para-hydroxylation sites is 2. The first-order valence-electron chi connectivity index (χ1n) is 25.6. The van der Waals surface area contributed by atoms with E-state index >= 15 is 0 Å². The Balaban J connectivity index is 1.11. The lowest BCUT2D eigenvalue weighted by Crippen LogP contribution is -2.63. The summed E-state index contributed by atoms with van der Waals surface area (Å²) in [7, 11) is -4.18. The van der Waals surface area contributed by atoms with Crippen molar-refractivity contribution in [2.75, 3.05) is 9.80 Å². The van der Waals surface area contributed by atoms with Gasteiger partial charge >= 0.3 is 0 Å². The fourth-order valence-electron chi connectivity index (χ4n) is 13.7. The predicted molar refractivity (Wildman–Crippen MR) is 295 cm³/mol. The van der Waals surface area contributed by atoms with E-state index in [-0.39, 0.29) is 4.66 Å². The topological polar surface area (TPSA) is 6.48 Å². The standard InChI is InChI=1S/C63H68N2Si2/c1-66(2,3)63(67(4,5)6)59-44-60(65(51-27-17-10-18-28-51)53-38-33-48(34-39-53)46-23-13-8-14-24-46)56-29-19-20-30-57(56)61(59)58-41-35-49-43-54(40-42-55(49)62(58)63)64(50-25-15-9-16-26-50)52-36-31-47(32-37-52)45-21-11-7-12-22-45/h9-10,15-20,25-46H,7-8,11-14,21-24H2,1-6H3. The first-order chi connectivity index (χ1) is 32.5. The molecule has 2 saturated carbocycles. The molecule has 0 radical (unpaired) electrons. The van der Waals surface area contributed by atoms with Crippen LogP contribution in [0.2, 0.25) is 39.3 Å². The zero-order valence-electron chi connectivity index (χ0n) is 40.8. The summed E-state index contributed by atoms with van der Waals surface area (Å²) < 4.78 is -0.0776. The maximum Gasteiger partial charge on any atom is 0.0579 e. The molecule has 0 bridgehead atoms. The molecule has 11 rings (SSSR count). The van der Waals surface area contributed by atoms with Crippen molar-refractivity contribution in [3.05, 3.63) is 192 Å². The van der Waals surface area contributed by atoms with Gasteiger partial charge in [0.25, 0.3) is 0 Å². The molecule has 8 aromatic carbocycles. The maximum atomic E-state index is 2.69. The molecular weight excluding hydrogens is 841 g/mol. The van der Waals surface area contributed by atoms with Gasteiger partial charge in [0.05, 0.1) is 21.8 Å². The Bertz CT molecular complexity index is 3030. The van der Waals surface area contributed by atoms with Gasteiger partial charge in [-0.15, -0.1) is 0 Å². The molecule has 0 heterocycles. The summed E-state index contributed by atoms with van der Waals surface area (Å²) in [5.74, 6) is 1.36. The number of anilines is 6. The molecule has 2 fully saturated rings. The van der Waals surface area contributed by atoms with Crippen molar-refractivity contribution in [1.82, 2.24) is 0 Å². The minimum absolute atomic E-state index is 0.0776. The Kier molecular flexibility index (Phi) is 11.4. The SMILES string of the molecule is C[Si](C)(C)C1([Si](C)(C)C)c2cc(N(c3ccccc3)c3ccc(C4CCCCC4)cc3)c3ccccc3c2-c2ccc3cc(N(c4ccccc4)c4ccc(C5CCCCC5)cc4)ccc3c21. The Labute approximate surface area is 402 Å². The lowest BCUT2D eigenvalue weighted by atomic mass is 9.84. The Hall–Kier alpha value is -5.69. The molecule has 0 aromatic heterocycles. The smallest absolute Gasteiger partial charge is 0.0579 e. The maximum absolute atomic E-state index is 2.69. The van der Waals surface area contributed by atoms with E-state index in [0.29, 0.717) is 11.8 Å². The van der Waals surface area contributed by atoms with E-state index in [2.05, 4.69) is 219 Å². The highest BCUT2D eigenvalue weighted by atomic mass is 28.4. The fourth-order valence-corrected chi connectivity index (χ4v) is 26.8. The van der Waals surface area contributed by atoms with Crippen LogP contribution in [0.3, 0.4) is 0 Å². The van der Waals surface area contributed by atoms with Crippen molar-refractivity contribution in [3.63, 3.8) is 0 Å². The van der Waals surface area contributed by atoms with Gasteiger partial charge in [-0.25, -0.2) is 0 Å². The third-order valence-electron chi connectivity index (χ3n) is 16.3. The minimum atomic E-state index is -2.09. The summed E-state index contributed by atoms with van der Waals surface area (Å²) >= 11 is 0. The van der Waals surface area contributed by atoms with Crippen LogP contribution in [-0.4, -0.2) is 16.1 Å². The molecule has 0 saturated heterocycles. The van der Waals surface area contributed by atoms with Gasteiger partial charge in [-0.2, -0.15) is 0 Å². The monoisotopic (exact) mass is 908 g/mol. The molecule has 0 N–H and O–H groups in total. The minimum Gasteiger partial charge on any atom is -0.310 e. The van der Waals surface area contributed by atoms with Gasteiger partial charge in [-0.05, 0) is 154 Å². The molecule has 0 aliphatic heterocycles. The lowest BCUT2D eigenvalue weighted by molar-refractivity contribution is 0.443. The summed E-state index contributed by atoms with van der Waals surface area (Å²) in [5, 5.41) is 5.39. The highest BCUT2D eigenvalue weighted by Crippen LogP contribution is 2.62. The van der Waals surface area contributed by atoms with Gasteiger partial charge in [-0.1, -0.05) is 181 Å². The predicted octanol–water partition coefficient (Wildman–Crippen LogP) is 19.0. The van der Waals surface area contributed by atoms with Crippen LogP contribution < -0.4 is 9.80 Å². The van der Waals surface area contributed by atoms with Crippen LogP contribution in [0.15, 0.2) is 170 Å².